The summed E-state index contributed by atoms with van der Waals surface area (Å²) in [6.45, 7) is 1.80. The molecule has 0 saturated heterocycles. The topological polar surface area (TPSA) is 35.5 Å². The third-order valence-electron chi connectivity index (χ3n) is 2.09. The number of carbonyl (C=O) groups excluding carboxylic acids is 1. The molecule has 14 heavy (non-hydrogen) atoms. The maximum atomic E-state index is 11.8. The Morgan fingerprint density at radius 2 is 2.07 bits per heavy atom. The Hall–Kier alpha value is -0.710. The van der Waals surface area contributed by atoms with Crippen molar-refractivity contribution in [1.29, 1.82) is 0 Å². The van der Waals surface area contributed by atoms with Gasteiger partial charge in [0.2, 0.25) is 0 Å². The molecule has 0 N–H and O–H groups in total. The highest BCUT2D eigenvalue weighted by atomic mass is 32.1. The Morgan fingerprint density at radius 3 is 2.50 bits per heavy atom. The number of thiophene rings is 1. The lowest BCUT2D eigenvalue weighted by molar-refractivity contribution is -0.123. The number of methoxy groups -OCH3 is 2. The van der Waals surface area contributed by atoms with Crippen LogP contribution >= 0.6 is 11.3 Å². The molecule has 78 valence electrons. The van der Waals surface area contributed by atoms with Crippen LogP contribution < -0.4 is 0 Å². The summed E-state index contributed by atoms with van der Waals surface area (Å²) in [5.74, 6) is -0.223. The van der Waals surface area contributed by atoms with Crippen molar-refractivity contribution < 1.29 is 14.3 Å². The van der Waals surface area contributed by atoms with Crippen LogP contribution in [-0.2, 0) is 9.47 Å². The minimum atomic E-state index is -0.470. The van der Waals surface area contributed by atoms with Crippen LogP contribution in [0.2, 0.25) is 0 Å². The fourth-order valence-electron chi connectivity index (χ4n) is 1.30. The van der Waals surface area contributed by atoms with E-state index < -0.39 is 6.29 Å². The second kappa shape index (κ2) is 5.24. The Morgan fingerprint density at radius 1 is 1.43 bits per heavy atom. The molecule has 0 aliphatic heterocycles. The third-order valence-corrected chi connectivity index (χ3v) is 2.78. The van der Waals surface area contributed by atoms with Crippen molar-refractivity contribution in [3.05, 3.63) is 22.4 Å². The fraction of sp³-hybridized carbons (Fsp3) is 0.500. The van der Waals surface area contributed by atoms with Crippen LogP contribution in [0.4, 0.5) is 0 Å². The van der Waals surface area contributed by atoms with E-state index in [0.717, 1.165) is 5.56 Å². The number of hydrogen-bond acceptors (Lipinski definition) is 4. The molecule has 0 aromatic carbocycles. The molecule has 1 aromatic heterocycles. The summed E-state index contributed by atoms with van der Waals surface area (Å²) >= 11 is 1.51. The van der Waals surface area contributed by atoms with Gasteiger partial charge in [-0.2, -0.15) is 11.3 Å². The first-order chi connectivity index (χ1) is 6.70. The first-order valence-electron chi connectivity index (χ1n) is 4.32. The average molecular weight is 214 g/mol. The Bertz CT molecular complexity index is 278. The van der Waals surface area contributed by atoms with E-state index in [1.54, 1.807) is 6.92 Å². The zero-order valence-electron chi connectivity index (χ0n) is 8.52. The van der Waals surface area contributed by atoms with Crippen LogP contribution in [0, 0.1) is 5.92 Å². The number of ketones is 1. The average Bonchev–Trinajstić information content (AvgIpc) is 2.71. The Labute approximate surface area is 87.7 Å². The molecule has 1 heterocycles. The summed E-state index contributed by atoms with van der Waals surface area (Å²) in [6.07, 6.45) is -0.470. The second-order valence-electron chi connectivity index (χ2n) is 3.00. The first-order valence-corrected chi connectivity index (χ1v) is 5.27. The van der Waals surface area contributed by atoms with Crippen molar-refractivity contribution >= 4 is 17.1 Å². The minimum absolute atomic E-state index is 0.0555. The molecular weight excluding hydrogens is 200 g/mol. The van der Waals surface area contributed by atoms with Gasteiger partial charge in [-0.15, -0.1) is 0 Å². The number of Topliss-reactive ketones (excluding diaryl/α,β-unsaturated/α-hetero) is 1. The Kier molecular flexibility index (Phi) is 4.25. The maximum absolute atomic E-state index is 11.8. The molecule has 0 bridgehead atoms. The maximum Gasteiger partial charge on any atom is 0.171 e. The molecule has 0 aliphatic carbocycles. The lowest BCUT2D eigenvalue weighted by atomic mass is 10.0. The lowest BCUT2D eigenvalue weighted by Gasteiger charge is -2.19. The van der Waals surface area contributed by atoms with E-state index >= 15 is 0 Å². The summed E-state index contributed by atoms with van der Waals surface area (Å²) < 4.78 is 10.1. The van der Waals surface area contributed by atoms with E-state index in [-0.39, 0.29) is 11.7 Å². The van der Waals surface area contributed by atoms with Gasteiger partial charge in [0.05, 0.1) is 5.92 Å². The molecule has 0 radical (unpaired) electrons. The number of carbonyl (C=O) groups is 1. The fourth-order valence-corrected chi connectivity index (χ4v) is 1.94. The molecule has 0 saturated carbocycles. The molecule has 1 atom stereocenters. The van der Waals surface area contributed by atoms with Crippen molar-refractivity contribution in [2.45, 2.75) is 13.2 Å². The van der Waals surface area contributed by atoms with Crippen molar-refractivity contribution in [2.24, 2.45) is 5.92 Å². The molecular formula is C10H14O3S. The smallest absolute Gasteiger partial charge is 0.171 e. The highest BCUT2D eigenvalue weighted by Crippen LogP contribution is 2.16. The van der Waals surface area contributed by atoms with E-state index in [9.17, 15) is 4.79 Å². The number of rotatable bonds is 5. The van der Waals surface area contributed by atoms with Crippen LogP contribution in [0.1, 0.15) is 17.3 Å². The zero-order chi connectivity index (χ0) is 10.6. The number of ether oxygens (including phenoxy) is 2. The molecule has 3 nitrogen and oxygen atoms in total. The SMILES string of the molecule is COC(OC)C(C)C(=O)c1ccsc1. The van der Waals surface area contributed by atoms with Gasteiger partial charge in [-0.3, -0.25) is 4.79 Å². The van der Waals surface area contributed by atoms with E-state index in [0.29, 0.717) is 0 Å². The van der Waals surface area contributed by atoms with Crippen molar-refractivity contribution in [1.82, 2.24) is 0 Å². The van der Waals surface area contributed by atoms with Gasteiger partial charge in [-0.25, -0.2) is 0 Å². The highest BCUT2D eigenvalue weighted by Gasteiger charge is 2.24. The third kappa shape index (κ3) is 2.41. The normalized spacial score (nSPS) is 13.1. The van der Waals surface area contributed by atoms with Gasteiger partial charge in [-0.1, -0.05) is 6.92 Å². The predicted molar refractivity (Wildman–Crippen MR) is 55.6 cm³/mol. The summed E-state index contributed by atoms with van der Waals surface area (Å²) in [6, 6.07) is 1.81. The molecule has 0 fully saturated rings. The van der Waals surface area contributed by atoms with Crippen LogP contribution in [0.3, 0.4) is 0 Å². The van der Waals surface area contributed by atoms with Gasteiger partial charge < -0.3 is 9.47 Å². The second-order valence-corrected chi connectivity index (χ2v) is 3.78. The molecule has 4 heteroatoms. The van der Waals surface area contributed by atoms with Crippen LogP contribution in [0.5, 0.6) is 0 Å². The molecule has 1 unspecified atom stereocenters. The van der Waals surface area contributed by atoms with Crippen molar-refractivity contribution in [3.8, 4) is 0 Å². The largest absolute Gasteiger partial charge is 0.355 e. The van der Waals surface area contributed by atoms with Crippen molar-refractivity contribution in [3.63, 3.8) is 0 Å². The minimum Gasteiger partial charge on any atom is -0.355 e. The van der Waals surface area contributed by atoms with Gasteiger partial charge in [0, 0.05) is 25.2 Å². The monoisotopic (exact) mass is 214 g/mol. The molecule has 1 rings (SSSR count). The first kappa shape index (κ1) is 11.4. The van der Waals surface area contributed by atoms with Gasteiger partial charge in [0.1, 0.15) is 0 Å². The molecule has 0 spiro atoms. The van der Waals surface area contributed by atoms with E-state index in [4.69, 9.17) is 9.47 Å². The van der Waals surface area contributed by atoms with E-state index in [1.165, 1.54) is 25.6 Å². The van der Waals surface area contributed by atoms with Gasteiger partial charge in [0.15, 0.2) is 12.1 Å². The van der Waals surface area contributed by atoms with Crippen molar-refractivity contribution in [2.75, 3.05) is 14.2 Å². The lowest BCUT2D eigenvalue weighted by Crippen LogP contribution is -2.28. The predicted octanol–water partition coefficient (Wildman–Crippen LogP) is 2.19. The van der Waals surface area contributed by atoms with Crippen LogP contribution in [0.15, 0.2) is 16.8 Å². The van der Waals surface area contributed by atoms with Crippen LogP contribution in [-0.4, -0.2) is 26.3 Å². The molecule has 0 amide bonds. The van der Waals surface area contributed by atoms with Gasteiger partial charge in [-0.05, 0) is 11.4 Å². The Balaban J connectivity index is 2.69. The standard InChI is InChI=1S/C10H14O3S/c1-7(10(12-2)13-3)9(11)8-4-5-14-6-8/h4-7,10H,1-3H3. The van der Waals surface area contributed by atoms with Gasteiger partial charge in [0.25, 0.3) is 0 Å². The molecule has 1 aromatic rings. The summed E-state index contributed by atoms with van der Waals surface area (Å²) in [5.41, 5.74) is 0.724. The zero-order valence-corrected chi connectivity index (χ0v) is 9.34. The highest BCUT2D eigenvalue weighted by molar-refractivity contribution is 7.08. The summed E-state index contributed by atoms with van der Waals surface area (Å²) in [7, 11) is 3.07. The van der Waals surface area contributed by atoms with E-state index in [2.05, 4.69) is 0 Å². The molecule has 0 aliphatic rings. The number of hydrogen-bond donors (Lipinski definition) is 0. The van der Waals surface area contributed by atoms with Gasteiger partial charge >= 0.3 is 0 Å². The summed E-state index contributed by atoms with van der Waals surface area (Å²) in [4.78, 5) is 11.8. The van der Waals surface area contributed by atoms with Crippen LogP contribution in [0.25, 0.3) is 0 Å². The quantitative estimate of drug-likeness (QED) is 0.556. The van der Waals surface area contributed by atoms with E-state index in [1.807, 2.05) is 16.8 Å². The summed E-state index contributed by atoms with van der Waals surface area (Å²) in [5, 5.41) is 3.72.